The second-order valence-corrected chi connectivity index (χ2v) is 7.26. The summed E-state index contributed by atoms with van der Waals surface area (Å²) in [5.74, 6) is -4.30. The van der Waals surface area contributed by atoms with E-state index in [9.17, 15) is 27.3 Å². The summed E-state index contributed by atoms with van der Waals surface area (Å²) < 4.78 is 46.0. The second kappa shape index (κ2) is 7.27. The van der Waals surface area contributed by atoms with Crippen LogP contribution in [0.3, 0.4) is 0 Å². The number of β-lactam (4-membered cyclic amide) rings is 1. The van der Waals surface area contributed by atoms with Crippen LogP contribution >= 0.6 is 0 Å². The van der Waals surface area contributed by atoms with Crippen LogP contribution in [-0.4, -0.2) is 57.1 Å². The van der Waals surface area contributed by atoms with Gasteiger partial charge in [-0.3, -0.25) is 13.6 Å². The Morgan fingerprint density at radius 2 is 2.13 bits per heavy atom. The molecule has 0 saturated carbocycles. The summed E-state index contributed by atoms with van der Waals surface area (Å²) in [5, 5.41) is 20.0. The maximum atomic E-state index is 12.0. The molecule has 2 aliphatic rings. The van der Waals surface area contributed by atoms with Crippen molar-refractivity contribution in [2.75, 3.05) is 5.94 Å². The molecule has 10 nitrogen and oxygen atoms in total. The maximum absolute atomic E-state index is 12.0. The molecule has 4 atom stereocenters. The number of aliphatic carboxylic acids is 1. The first-order chi connectivity index (χ1) is 10.1. The summed E-state index contributed by atoms with van der Waals surface area (Å²) in [6.07, 6.45) is -1.35. The number of carbonyl (C=O) groups excluding carboxylic acids is 2. The van der Waals surface area contributed by atoms with E-state index in [0.717, 1.165) is 4.90 Å². The van der Waals surface area contributed by atoms with E-state index in [2.05, 4.69) is 4.18 Å². The summed E-state index contributed by atoms with van der Waals surface area (Å²) >= 11 is 0. The number of hydrogen-bond acceptors (Lipinski definition) is 8. The summed E-state index contributed by atoms with van der Waals surface area (Å²) in [4.78, 5) is 23.8. The summed E-state index contributed by atoms with van der Waals surface area (Å²) in [7, 11) is -6.78. The van der Waals surface area contributed by atoms with E-state index in [1.165, 1.54) is 6.92 Å². The number of aliphatic hydroxyl groups is 1. The van der Waals surface area contributed by atoms with E-state index < -0.39 is 62.8 Å². The van der Waals surface area contributed by atoms with E-state index in [4.69, 9.17) is 9.66 Å². The number of carbonyl (C=O) groups is 2. The van der Waals surface area contributed by atoms with Crippen molar-refractivity contribution < 1.29 is 70.7 Å². The molecular weight excluding hydrogens is 365 g/mol. The van der Waals surface area contributed by atoms with Crippen molar-refractivity contribution in [1.29, 1.82) is 0 Å². The third kappa shape index (κ3) is 3.85. The summed E-state index contributed by atoms with van der Waals surface area (Å²) in [6, 6.07) is -0.775. The van der Waals surface area contributed by atoms with Crippen molar-refractivity contribution in [3.8, 4) is 0 Å². The van der Waals surface area contributed by atoms with Gasteiger partial charge in [0.25, 0.3) is 0 Å². The molecule has 124 valence electrons. The fourth-order valence-corrected chi connectivity index (χ4v) is 4.15. The average Bonchev–Trinajstić information content (AvgIpc) is 2.70. The molecule has 0 aromatic heterocycles. The molecule has 0 aromatic carbocycles. The van der Waals surface area contributed by atoms with E-state index >= 15 is 0 Å². The Hall–Kier alpha value is -0.340. The Balaban J connectivity index is 0.00000264. The first kappa shape index (κ1) is 20.7. The fraction of sp³-hybridized carbons (Fsp3) is 0.600. The van der Waals surface area contributed by atoms with Crippen molar-refractivity contribution in [2.45, 2.75) is 25.5 Å². The van der Waals surface area contributed by atoms with Crippen molar-refractivity contribution in [3.63, 3.8) is 0 Å². The Kier molecular flexibility index (Phi) is 6.54. The predicted octanol–water partition coefficient (Wildman–Crippen LogP) is -5.91. The zero-order chi connectivity index (χ0) is 16.8. The van der Waals surface area contributed by atoms with Crippen LogP contribution in [-0.2, 0) is 35.0 Å². The minimum atomic E-state index is -4.77. The molecule has 2 N–H and O–H groups in total. The molecule has 1 amide bonds. The quantitative estimate of drug-likeness (QED) is 0.261. The van der Waals surface area contributed by atoms with Gasteiger partial charge in [0, 0.05) is 11.3 Å². The van der Waals surface area contributed by atoms with Crippen LogP contribution in [0.5, 0.6) is 0 Å². The number of carboxylic acids is 1. The third-order valence-electron chi connectivity index (χ3n) is 3.53. The molecule has 0 aromatic rings. The van der Waals surface area contributed by atoms with Gasteiger partial charge >= 0.3 is 40.0 Å². The van der Waals surface area contributed by atoms with Gasteiger partial charge in [0.05, 0.1) is 40.5 Å². The monoisotopic (exact) mass is 377 g/mol. The molecule has 0 bridgehead atoms. The second-order valence-electron chi connectivity index (χ2n) is 4.77. The van der Waals surface area contributed by atoms with Gasteiger partial charge in [0.2, 0.25) is 5.91 Å². The van der Waals surface area contributed by atoms with Gasteiger partial charge in [0.1, 0.15) is 5.94 Å². The number of carboxylic acid groups (broad SMARTS) is 1. The normalized spacial score (nSPS) is 26.2. The molecule has 0 radical (unpaired) electrons. The molecule has 23 heavy (non-hydrogen) atoms. The molecule has 2 rings (SSSR count). The van der Waals surface area contributed by atoms with Crippen LogP contribution in [0.15, 0.2) is 10.6 Å². The van der Waals surface area contributed by atoms with E-state index in [-0.39, 0.29) is 40.9 Å². The van der Waals surface area contributed by atoms with Gasteiger partial charge in [-0.15, -0.1) is 0 Å². The molecule has 2 aliphatic heterocycles. The molecule has 2 heterocycles. The largest absolute Gasteiger partial charge is 1.00 e. The minimum absolute atomic E-state index is 0. The van der Waals surface area contributed by atoms with E-state index in [1.54, 1.807) is 0 Å². The van der Waals surface area contributed by atoms with Gasteiger partial charge in [-0.2, -0.15) is 8.42 Å². The van der Waals surface area contributed by atoms with Crippen molar-refractivity contribution in [3.05, 3.63) is 10.6 Å². The number of aliphatic hydroxyl groups excluding tert-OH is 1. The first-order valence-corrected chi connectivity index (χ1v) is 8.69. The van der Waals surface area contributed by atoms with Crippen molar-refractivity contribution >= 4 is 33.1 Å². The Bertz CT molecular complexity index is 688. The van der Waals surface area contributed by atoms with Gasteiger partial charge in [0.15, 0.2) is 0 Å². The predicted molar refractivity (Wildman–Crippen MR) is 68.1 cm³/mol. The van der Waals surface area contributed by atoms with Crippen LogP contribution in [0.1, 0.15) is 13.3 Å². The molecule has 4 unspecified atom stereocenters. The SMILES string of the molecule is CC(OS(=O)(=O)O)C1C(=O)N2C(C(=O)[O-])=C(S(=O)CO)CC12.[Na+]. The Labute approximate surface area is 156 Å². The number of fused-ring (bicyclic) bond motifs is 1. The van der Waals surface area contributed by atoms with Gasteiger partial charge in [-0.05, 0) is 6.92 Å². The zero-order valence-corrected chi connectivity index (χ0v) is 15.8. The fourth-order valence-electron chi connectivity index (χ4n) is 2.74. The van der Waals surface area contributed by atoms with Gasteiger partial charge in [-0.1, -0.05) is 0 Å². The number of rotatable bonds is 6. The zero-order valence-electron chi connectivity index (χ0n) is 12.2. The van der Waals surface area contributed by atoms with Gasteiger partial charge < -0.3 is 19.9 Å². The topological polar surface area (TPSA) is 161 Å². The molecular formula is C10H12NNaO9S2. The van der Waals surface area contributed by atoms with E-state index in [1.807, 2.05) is 0 Å². The van der Waals surface area contributed by atoms with Crippen LogP contribution in [0.25, 0.3) is 0 Å². The smallest absolute Gasteiger partial charge is 0.543 e. The molecule has 0 spiro atoms. The Morgan fingerprint density at radius 3 is 2.57 bits per heavy atom. The van der Waals surface area contributed by atoms with Crippen molar-refractivity contribution in [1.82, 2.24) is 4.90 Å². The standard InChI is InChI=1S/C10H13NO9S2.Na/c1-4(20-22(17,18)19)7-5-2-6(21(16)3-12)8(10(14)15)11(5)9(7)13;/h4-5,7,12H,2-3H2,1H3,(H,14,15)(H,17,18,19);/q;+1/p-1. The van der Waals surface area contributed by atoms with Crippen molar-refractivity contribution in [2.24, 2.45) is 5.92 Å². The molecule has 1 fully saturated rings. The molecule has 0 aliphatic carbocycles. The van der Waals surface area contributed by atoms with Gasteiger partial charge in [-0.25, -0.2) is 4.18 Å². The van der Waals surface area contributed by atoms with Crippen LogP contribution in [0.4, 0.5) is 0 Å². The third-order valence-corrected chi connectivity index (χ3v) is 5.22. The number of hydrogen-bond donors (Lipinski definition) is 2. The van der Waals surface area contributed by atoms with Crippen LogP contribution in [0.2, 0.25) is 0 Å². The maximum Gasteiger partial charge on any atom is 1.00 e. The molecule has 13 heteroatoms. The minimum Gasteiger partial charge on any atom is -0.543 e. The van der Waals surface area contributed by atoms with E-state index in [0.29, 0.717) is 0 Å². The average molecular weight is 377 g/mol. The summed E-state index contributed by atoms with van der Waals surface area (Å²) in [5.41, 5.74) is -0.572. The molecule has 1 saturated heterocycles. The van der Waals surface area contributed by atoms with Crippen LogP contribution in [0, 0.1) is 5.92 Å². The number of amides is 1. The Morgan fingerprint density at radius 1 is 1.57 bits per heavy atom. The first-order valence-electron chi connectivity index (χ1n) is 6.01. The summed E-state index contributed by atoms with van der Waals surface area (Å²) in [6.45, 7) is 1.23. The number of nitrogens with zero attached hydrogens (tertiary/aromatic N) is 1. The van der Waals surface area contributed by atoms with Crippen LogP contribution < -0.4 is 34.7 Å².